The largest absolute Gasteiger partial charge is 0.349 e. The molecule has 1 aliphatic rings. The number of benzene rings is 1. The molecule has 3 nitrogen and oxygen atoms in total. The number of carbonyl (C=O) groups excluding carboxylic acids is 1. The normalized spacial score (nSPS) is 24.8. The van der Waals surface area contributed by atoms with Crippen LogP contribution in [0.5, 0.6) is 0 Å². The lowest BCUT2D eigenvalue weighted by Gasteiger charge is -2.27. The molecule has 0 bridgehead atoms. The van der Waals surface area contributed by atoms with Crippen LogP contribution in [0.4, 0.5) is 0 Å². The molecule has 2 unspecified atom stereocenters. The van der Waals surface area contributed by atoms with Crippen LogP contribution in [0.25, 0.3) is 0 Å². The molecule has 3 N–H and O–H groups in total. The van der Waals surface area contributed by atoms with E-state index in [0.29, 0.717) is 5.02 Å². The standard InChI is InChI=1S/C15H21ClN2O/c1-10(13-7-2-3-8-14(13)16)18-15(19)11-5-4-6-12(17)9-11/h2-3,7-8,10-12H,4-6,9,17H2,1H3,(H,18,19)/t10-,11?,12?/m1/s1. The zero-order valence-electron chi connectivity index (χ0n) is 11.2. The molecule has 0 radical (unpaired) electrons. The molecule has 1 fully saturated rings. The Morgan fingerprint density at radius 2 is 2.16 bits per heavy atom. The molecule has 1 amide bonds. The summed E-state index contributed by atoms with van der Waals surface area (Å²) >= 11 is 6.14. The lowest BCUT2D eigenvalue weighted by Crippen LogP contribution is -2.38. The van der Waals surface area contributed by atoms with Crippen LogP contribution in [0.3, 0.4) is 0 Å². The molecule has 4 heteroatoms. The average molecular weight is 281 g/mol. The van der Waals surface area contributed by atoms with Gasteiger partial charge in [0.25, 0.3) is 0 Å². The van der Waals surface area contributed by atoms with E-state index in [4.69, 9.17) is 17.3 Å². The van der Waals surface area contributed by atoms with E-state index in [-0.39, 0.29) is 23.9 Å². The van der Waals surface area contributed by atoms with Crippen LogP contribution >= 0.6 is 11.6 Å². The van der Waals surface area contributed by atoms with Crippen LogP contribution < -0.4 is 11.1 Å². The lowest BCUT2D eigenvalue weighted by molar-refractivity contribution is -0.126. The topological polar surface area (TPSA) is 55.1 Å². The van der Waals surface area contributed by atoms with Crippen molar-refractivity contribution in [2.45, 2.75) is 44.7 Å². The Morgan fingerprint density at radius 3 is 2.84 bits per heavy atom. The third-order valence-electron chi connectivity index (χ3n) is 3.82. The molecule has 0 aliphatic heterocycles. The number of rotatable bonds is 3. The highest BCUT2D eigenvalue weighted by molar-refractivity contribution is 6.31. The first-order valence-electron chi connectivity index (χ1n) is 6.88. The van der Waals surface area contributed by atoms with Gasteiger partial charge in [-0.3, -0.25) is 4.79 Å². The predicted octanol–water partition coefficient (Wildman–Crippen LogP) is 3.03. The fraction of sp³-hybridized carbons (Fsp3) is 0.533. The lowest BCUT2D eigenvalue weighted by atomic mass is 9.85. The molecular formula is C15H21ClN2O. The number of amides is 1. The molecule has 1 aromatic rings. The van der Waals surface area contributed by atoms with Gasteiger partial charge in [0.15, 0.2) is 0 Å². The van der Waals surface area contributed by atoms with Gasteiger partial charge in [-0.05, 0) is 37.8 Å². The van der Waals surface area contributed by atoms with Crippen LogP contribution in [0.2, 0.25) is 5.02 Å². The van der Waals surface area contributed by atoms with Gasteiger partial charge in [-0.1, -0.05) is 36.2 Å². The van der Waals surface area contributed by atoms with E-state index in [1.54, 1.807) is 0 Å². The summed E-state index contributed by atoms with van der Waals surface area (Å²) < 4.78 is 0. The van der Waals surface area contributed by atoms with E-state index in [1.807, 2.05) is 31.2 Å². The summed E-state index contributed by atoms with van der Waals surface area (Å²) in [5.41, 5.74) is 6.88. The summed E-state index contributed by atoms with van der Waals surface area (Å²) in [6.07, 6.45) is 3.80. The van der Waals surface area contributed by atoms with Gasteiger partial charge in [0.1, 0.15) is 0 Å². The van der Waals surface area contributed by atoms with Crippen molar-refractivity contribution < 1.29 is 4.79 Å². The first-order valence-corrected chi connectivity index (χ1v) is 7.26. The molecule has 0 aromatic heterocycles. The van der Waals surface area contributed by atoms with Crippen molar-refractivity contribution in [3.63, 3.8) is 0 Å². The molecule has 0 saturated heterocycles. The molecule has 1 aliphatic carbocycles. The number of nitrogens with one attached hydrogen (secondary N) is 1. The van der Waals surface area contributed by atoms with Crippen molar-refractivity contribution in [1.29, 1.82) is 0 Å². The molecule has 2 rings (SSSR count). The third kappa shape index (κ3) is 3.71. The second-order valence-corrected chi connectivity index (χ2v) is 5.78. The summed E-state index contributed by atoms with van der Waals surface area (Å²) in [5, 5.41) is 3.74. The van der Waals surface area contributed by atoms with Gasteiger partial charge in [0.05, 0.1) is 6.04 Å². The van der Waals surface area contributed by atoms with Gasteiger partial charge in [0, 0.05) is 17.0 Å². The number of hydrogen-bond donors (Lipinski definition) is 2. The van der Waals surface area contributed by atoms with Gasteiger partial charge >= 0.3 is 0 Å². The first-order chi connectivity index (χ1) is 9.08. The first kappa shape index (κ1) is 14.4. The van der Waals surface area contributed by atoms with Crippen LogP contribution in [0, 0.1) is 5.92 Å². The third-order valence-corrected chi connectivity index (χ3v) is 4.16. The van der Waals surface area contributed by atoms with Crippen molar-refractivity contribution in [3.8, 4) is 0 Å². The Kier molecular flexibility index (Phi) is 4.83. The van der Waals surface area contributed by atoms with Crippen molar-refractivity contribution in [1.82, 2.24) is 5.32 Å². The smallest absolute Gasteiger partial charge is 0.223 e. The quantitative estimate of drug-likeness (QED) is 0.894. The Balaban J connectivity index is 1.97. The highest BCUT2D eigenvalue weighted by Gasteiger charge is 2.26. The SMILES string of the molecule is C[C@@H](NC(=O)C1CCCC(N)C1)c1ccccc1Cl. The molecule has 1 aromatic carbocycles. The monoisotopic (exact) mass is 280 g/mol. The molecule has 0 heterocycles. The Morgan fingerprint density at radius 1 is 1.42 bits per heavy atom. The molecule has 1 saturated carbocycles. The molecule has 0 spiro atoms. The summed E-state index contributed by atoms with van der Waals surface area (Å²) in [6, 6.07) is 7.70. The van der Waals surface area contributed by atoms with E-state index in [2.05, 4.69) is 5.32 Å². The molecule has 19 heavy (non-hydrogen) atoms. The van der Waals surface area contributed by atoms with Crippen LogP contribution in [0.15, 0.2) is 24.3 Å². The van der Waals surface area contributed by atoms with E-state index in [0.717, 1.165) is 31.2 Å². The minimum absolute atomic E-state index is 0.0497. The van der Waals surface area contributed by atoms with E-state index >= 15 is 0 Å². The number of nitrogens with two attached hydrogens (primary N) is 1. The second-order valence-electron chi connectivity index (χ2n) is 5.38. The fourth-order valence-electron chi connectivity index (χ4n) is 2.70. The molecule has 3 atom stereocenters. The minimum Gasteiger partial charge on any atom is -0.349 e. The molecule has 104 valence electrons. The second kappa shape index (κ2) is 6.40. The van der Waals surface area contributed by atoms with Gasteiger partial charge in [-0.15, -0.1) is 0 Å². The van der Waals surface area contributed by atoms with E-state index in [9.17, 15) is 4.79 Å². The van der Waals surface area contributed by atoms with Gasteiger partial charge in [-0.25, -0.2) is 0 Å². The maximum Gasteiger partial charge on any atom is 0.223 e. The minimum atomic E-state index is -0.0700. The van der Waals surface area contributed by atoms with Crippen LogP contribution in [0.1, 0.15) is 44.2 Å². The maximum atomic E-state index is 12.2. The summed E-state index contributed by atoms with van der Waals surface area (Å²) in [6.45, 7) is 1.96. The van der Waals surface area contributed by atoms with Gasteiger partial charge in [0.2, 0.25) is 5.91 Å². The summed E-state index contributed by atoms with van der Waals surface area (Å²) in [5.74, 6) is 0.149. The predicted molar refractivity (Wildman–Crippen MR) is 77.9 cm³/mol. The van der Waals surface area contributed by atoms with Gasteiger partial charge in [-0.2, -0.15) is 0 Å². The number of hydrogen-bond acceptors (Lipinski definition) is 2. The summed E-state index contributed by atoms with van der Waals surface area (Å²) in [4.78, 5) is 12.2. The van der Waals surface area contributed by atoms with E-state index < -0.39 is 0 Å². The fourth-order valence-corrected chi connectivity index (χ4v) is 3.00. The zero-order valence-corrected chi connectivity index (χ0v) is 12.0. The van der Waals surface area contributed by atoms with Crippen LogP contribution in [-0.4, -0.2) is 11.9 Å². The average Bonchev–Trinajstić information content (AvgIpc) is 2.39. The van der Waals surface area contributed by atoms with Gasteiger partial charge < -0.3 is 11.1 Å². The Bertz CT molecular complexity index is 450. The van der Waals surface area contributed by atoms with Crippen molar-refractivity contribution in [2.24, 2.45) is 11.7 Å². The highest BCUT2D eigenvalue weighted by atomic mass is 35.5. The highest BCUT2D eigenvalue weighted by Crippen LogP contribution is 2.26. The summed E-state index contributed by atoms with van der Waals surface area (Å²) in [7, 11) is 0. The van der Waals surface area contributed by atoms with Crippen molar-refractivity contribution >= 4 is 17.5 Å². The zero-order chi connectivity index (χ0) is 13.8. The van der Waals surface area contributed by atoms with E-state index in [1.165, 1.54) is 0 Å². The number of halogens is 1. The number of carbonyl (C=O) groups is 1. The molecular weight excluding hydrogens is 260 g/mol. The van der Waals surface area contributed by atoms with Crippen molar-refractivity contribution in [3.05, 3.63) is 34.9 Å². The Hall–Kier alpha value is -1.06. The van der Waals surface area contributed by atoms with Crippen LogP contribution in [-0.2, 0) is 4.79 Å². The Labute approximate surface area is 119 Å². The van der Waals surface area contributed by atoms with Crippen molar-refractivity contribution in [2.75, 3.05) is 0 Å². The maximum absolute atomic E-state index is 12.2.